The molecule has 2 bridgehead atoms. The van der Waals surface area contributed by atoms with Gasteiger partial charge in [-0.3, -0.25) is 0 Å². The summed E-state index contributed by atoms with van der Waals surface area (Å²) in [7, 11) is 0. The quantitative estimate of drug-likeness (QED) is 0.434. The molecule has 1 aliphatic heterocycles. The van der Waals surface area contributed by atoms with Crippen molar-refractivity contribution in [3.8, 4) is 0 Å². The molecule has 14 heavy (non-hydrogen) atoms. The number of ether oxygens (including phenoxy) is 2. The van der Waals surface area contributed by atoms with Crippen molar-refractivity contribution in [2.75, 3.05) is 13.2 Å². The number of halogens is 1. The Morgan fingerprint density at radius 2 is 1.86 bits per heavy atom. The highest BCUT2D eigenvalue weighted by molar-refractivity contribution is 6.66. The second-order valence-corrected chi connectivity index (χ2v) is 5.00. The molecule has 0 radical (unpaired) electrons. The molecule has 3 aliphatic carbocycles. The summed E-state index contributed by atoms with van der Waals surface area (Å²) in [6.07, 6.45) is 2.77. The van der Waals surface area contributed by atoms with Crippen LogP contribution in [0.5, 0.6) is 0 Å². The van der Waals surface area contributed by atoms with Gasteiger partial charge in [-0.1, -0.05) is 16.8 Å². The van der Waals surface area contributed by atoms with E-state index in [9.17, 15) is 0 Å². The van der Waals surface area contributed by atoms with Crippen LogP contribution in [-0.4, -0.2) is 29.9 Å². The summed E-state index contributed by atoms with van der Waals surface area (Å²) in [6, 6.07) is 0. The summed E-state index contributed by atoms with van der Waals surface area (Å²) in [6.45, 7) is 1.39. The van der Waals surface area contributed by atoms with E-state index in [1.54, 1.807) is 0 Å². The average molecular weight is 218 g/mol. The Labute approximate surface area is 86.8 Å². The highest BCUT2D eigenvalue weighted by atomic mass is 35.5. The fourth-order valence-corrected chi connectivity index (χ4v) is 3.35. The van der Waals surface area contributed by atoms with Gasteiger partial charge in [-0.25, -0.2) is 0 Å². The molecule has 5 heteroatoms. The summed E-state index contributed by atoms with van der Waals surface area (Å²) in [4.78, 5) is 0. The van der Waals surface area contributed by atoms with Crippen LogP contribution in [0.1, 0.15) is 19.3 Å². The van der Waals surface area contributed by atoms with Gasteiger partial charge in [0, 0.05) is 10.8 Å². The molecule has 1 N–H and O–H groups in total. The van der Waals surface area contributed by atoms with Gasteiger partial charge in [0.1, 0.15) is 0 Å². The molecule has 3 saturated carbocycles. The first-order chi connectivity index (χ1) is 6.71. The van der Waals surface area contributed by atoms with Gasteiger partial charge in [-0.2, -0.15) is 0 Å². The molecule has 0 aromatic heterocycles. The molecule has 4 rings (SSSR count). The fourth-order valence-electron chi connectivity index (χ4n) is 3.15. The van der Waals surface area contributed by atoms with E-state index in [4.69, 9.17) is 26.3 Å². The lowest BCUT2D eigenvalue weighted by Gasteiger charge is -2.70. The predicted molar refractivity (Wildman–Crippen MR) is 49.5 cm³/mol. The van der Waals surface area contributed by atoms with E-state index in [0.717, 1.165) is 19.3 Å². The Kier molecular flexibility index (Phi) is 1.68. The Morgan fingerprint density at radius 1 is 1.29 bits per heavy atom. The number of rotatable bonds is 2. The Hall–Kier alpha value is -0.320. The van der Waals surface area contributed by atoms with Crippen LogP contribution < -0.4 is 0 Å². The predicted octanol–water partition coefficient (Wildman–Crippen LogP) is 1.56. The molecule has 0 unspecified atom stereocenters. The van der Waals surface area contributed by atoms with Crippen LogP contribution in [0.25, 0.3) is 0 Å². The molecule has 0 spiro atoms. The molecule has 0 atom stereocenters. The second kappa shape index (κ2) is 2.62. The lowest BCUT2D eigenvalue weighted by atomic mass is 9.35. The van der Waals surface area contributed by atoms with E-state index in [-0.39, 0.29) is 17.1 Å². The summed E-state index contributed by atoms with van der Waals surface area (Å²) < 4.78 is 11.0. The number of hydrogen-bond acceptors (Lipinski definition) is 4. The van der Waals surface area contributed by atoms with Crippen LogP contribution in [0.15, 0.2) is 5.16 Å². The molecule has 0 aromatic rings. The van der Waals surface area contributed by atoms with E-state index in [2.05, 4.69) is 5.16 Å². The Bertz CT molecular complexity index is 279. The third-order valence-electron chi connectivity index (χ3n) is 3.72. The van der Waals surface area contributed by atoms with Crippen LogP contribution in [0.3, 0.4) is 0 Å². The van der Waals surface area contributed by atoms with Crippen molar-refractivity contribution in [3.05, 3.63) is 0 Å². The van der Waals surface area contributed by atoms with Gasteiger partial charge in [0.15, 0.2) is 11.5 Å². The zero-order chi connectivity index (χ0) is 9.81. The highest BCUT2D eigenvalue weighted by Crippen LogP contribution is 2.76. The number of oxime groups is 1. The van der Waals surface area contributed by atoms with Crippen molar-refractivity contribution in [1.29, 1.82) is 0 Å². The van der Waals surface area contributed by atoms with Gasteiger partial charge < -0.3 is 14.7 Å². The van der Waals surface area contributed by atoms with E-state index in [0.29, 0.717) is 18.4 Å². The largest absolute Gasteiger partial charge is 0.410 e. The van der Waals surface area contributed by atoms with E-state index in [1.165, 1.54) is 0 Å². The Balaban J connectivity index is 1.68. The molecule has 1 heterocycles. The van der Waals surface area contributed by atoms with E-state index in [1.807, 2.05) is 0 Å². The molecular formula is C9H12ClNO3. The Morgan fingerprint density at radius 3 is 2.36 bits per heavy atom. The van der Waals surface area contributed by atoms with Crippen molar-refractivity contribution < 1.29 is 14.7 Å². The monoisotopic (exact) mass is 217 g/mol. The smallest absolute Gasteiger partial charge is 0.163 e. The van der Waals surface area contributed by atoms with Crippen molar-refractivity contribution in [3.63, 3.8) is 0 Å². The summed E-state index contributed by atoms with van der Waals surface area (Å²) in [5.41, 5.74) is 0.118. The first-order valence-electron chi connectivity index (χ1n) is 4.82. The van der Waals surface area contributed by atoms with Gasteiger partial charge in [-0.15, -0.1) is 0 Å². The minimum absolute atomic E-state index is 0.0486. The van der Waals surface area contributed by atoms with Crippen LogP contribution in [0, 0.1) is 10.8 Å². The van der Waals surface area contributed by atoms with Crippen LogP contribution >= 0.6 is 11.6 Å². The highest BCUT2D eigenvalue weighted by Gasteiger charge is 2.74. The lowest BCUT2D eigenvalue weighted by molar-refractivity contribution is -0.278. The van der Waals surface area contributed by atoms with Gasteiger partial charge in [0.05, 0.1) is 13.2 Å². The molecule has 4 aliphatic rings. The average Bonchev–Trinajstić information content (AvgIpc) is 2.52. The van der Waals surface area contributed by atoms with Crippen LogP contribution in [0.4, 0.5) is 0 Å². The van der Waals surface area contributed by atoms with Gasteiger partial charge in [-0.05, 0) is 19.3 Å². The lowest BCUT2D eigenvalue weighted by Crippen LogP contribution is -2.69. The zero-order valence-electron chi connectivity index (χ0n) is 7.70. The van der Waals surface area contributed by atoms with Gasteiger partial charge in [0.2, 0.25) is 0 Å². The first kappa shape index (κ1) is 8.95. The number of hydrogen-bond donors (Lipinski definition) is 1. The van der Waals surface area contributed by atoms with Crippen molar-refractivity contribution in [2.24, 2.45) is 16.0 Å². The molecular weight excluding hydrogens is 206 g/mol. The summed E-state index contributed by atoms with van der Waals surface area (Å²) in [5.74, 6) is 0. The minimum Gasteiger partial charge on any atom is -0.410 e. The maximum atomic E-state index is 8.60. The fraction of sp³-hybridized carbons (Fsp3) is 0.889. The van der Waals surface area contributed by atoms with E-state index >= 15 is 0 Å². The maximum absolute atomic E-state index is 8.60. The van der Waals surface area contributed by atoms with Crippen molar-refractivity contribution in [2.45, 2.75) is 25.6 Å². The third-order valence-corrected chi connectivity index (χ3v) is 4.20. The minimum atomic E-state index is -0.0500. The van der Waals surface area contributed by atoms with Gasteiger partial charge in [0.25, 0.3) is 0 Å². The second-order valence-electron chi connectivity index (χ2n) is 4.64. The third kappa shape index (κ3) is 0.890. The molecule has 1 saturated heterocycles. The van der Waals surface area contributed by atoms with Crippen molar-refractivity contribution in [1.82, 2.24) is 0 Å². The summed E-state index contributed by atoms with van der Waals surface area (Å²) >= 11 is 5.83. The molecule has 0 amide bonds. The SMILES string of the molecule is ON=C(Cl)C12CC(C3OCCO3)(C1)C2. The van der Waals surface area contributed by atoms with Crippen LogP contribution in [-0.2, 0) is 9.47 Å². The zero-order valence-corrected chi connectivity index (χ0v) is 8.46. The molecule has 4 fully saturated rings. The standard InChI is InChI=1S/C9H12ClNO3/c10-6(11-12)8-3-9(4-8,5-8)7-13-1-2-14-7/h7,12H,1-5H2. The van der Waals surface area contributed by atoms with Crippen LogP contribution in [0.2, 0.25) is 0 Å². The normalized spacial score (nSPS) is 47.4. The molecule has 78 valence electrons. The van der Waals surface area contributed by atoms with E-state index < -0.39 is 0 Å². The van der Waals surface area contributed by atoms with Gasteiger partial charge >= 0.3 is 0 Å². The van der Waals surface area contributed by atoms with Crippen molar-refractivity contribution >= 4 is 16.8 Å². The molecule has 0 aromatic carbocycles. The first-order valence-corrected chi connectivity index (χ1v) is 5.20. The maximum Gasteiger partial charge on any atom is 0.163 e. The topological polar surface area (TPSA) is 51.1 Å². The molecule has 4 nitrogen and oxygen atoms in total. The number of nitrogens with zero attached hydrogens (tertiary/aromatic N) is 1. The summed E-state index contributed by atoms with van der Waals surface area (Å²) in [5, 5.41) is 12.0.